The quantitative estimate of drug-likeness (QED) is 0.774. The Labute approximate surface area is 116 Å². The maximum Gasteiger partial charge on any atom is 0.165 e. The van der Waals surface area contributed by atoms with Crippen molar-refractivity contribution in [3.8, 4) is 0 Å². The smallest absolute Gasteiger partial charge is 0.165 e. The van der Waals surface area contributed by atoms with Crippen LogP contribution in [0.1, 0.15) is 18.7 Å². The average Bonchev–Trinajstić information content (AvgIpc) is 2.88. The summed E-state index contributed by atoms with van der Waals surface area (Å²) in [5.74, 6) is 1.91. The molecule has 3 aromatic rings. The van der Waals surface area contributed by atoms with E-state index in [1.54, 1.807) is 6.33 Å². The second kappa shape index (κ2) is 4.59. The fourth-order valence-corrected chi connectivity index (χ4v) is 2.71. The van der Waals surface area contributed by atoms with E-state index in [1.165, 1.54) is 12.8 Å². The van der Waals surface area contributed by atoms with Crippen molar-refractivity contribution >= 4 is 22.7 Å². The van der Waals surface area contributed by atoms with Crippen molar-refractivity contribution in [2.75, 3.05) is 5.32 Å². The van der Waals surface area contributed by atoms with Gasteiger partial charge in [-0.25, -0.2) is 15.0 Å². The van der Waals surface area contributed by atoms with Gasteiger partial charge in [0.25, 0.3) is 0 Å². The highest BCUT2D eigenvalue weighted by molar-refractivity contribution is 5.85. The molecule has 2 aromatic heterocycles. The lowest BCUT2D eigenvalue weighted by molar-refractivity contribution is 0.530. The lowest BCUT2D eigenvalue weighted by Crippen LogP contribution is -2.10. The molecular formula is C15H15N5. The molecule has 1 aliphatic heterocycles. The maximum absolute atomic E-state index is 4.72. The zero-order valence-corrected chi connectivity index (χ0v) is 11.1. The molecule has 0 fully saturated rings. The van der Waals surface area contributed by atoms with Gasteiger partial charge in [0.15, 0.2) is 17.0 Å². The Morgan fingerprint density at radius 3 is 2.85 bits per heavy atom. The highest BCUT2D eigenvalue weighted by Crippen LogP contribution is 2.26. The van der Waals surface area contributed by atoms with Crippen LogP contribution in [0, 0.1) is 0 Å². The number of fused-ring (bicyclic) bond motifs is 3. The SMILES string of the molecule is c1ccc(Nc2ncnc3c2nc2n3CCCC2)cc1. The molecule has 0 saturated heterocycles. The zero-order chi connectivity index (χ0) is 13.4. The molecule has 5 nitrogen and oxygen atoms in total. The summed E-state index contributed by atoms with van der Waals surface area (Å²) in [5, 5.41) is 3.33. The first kappa shape index (κ1) is 11.4. The minimum Gasteiger partial charge on any atom is -0.338 e. The fourth-order valence-electron chi connectivity index (χ4n) is 2.71. The van der Waals surface area contributed by atoms with Crippen molar-refractivity contribution < 1.29 is 0 Å². The molecule has 5 heteroatoms. The molecule has 1 N–H and O–H groups in total. The zero-order valence-electron chi connectivity index (χ0n) is 11.1. The Kier molecular flexibility index (Phi) is 2.62. The fraction of sp³-hybridized carbons (Fsp3) is 0.267. The summed E-state index contributed by atoms with van der Waals surface area (Å²) < 4.78 is 2.22. The standard InChI is InChI=1S/C15H15N5/c1-2-6-11(7-3-1)18-14-13-15(17-10-16-14)20-9-5-4-8-12(20)19-13/h1-3,6-7,10H,4-5,8-9H2,(H,16,17,18). The van der Waals surface area contributed by atoms with Gasteiger partial charge in [-0.3, -0.25) is 0 Å². The highest BCUT2D eigenvalue weighted by atomic mass is 15.2. The molecule has 0 radical (unpaired) electrons. The van der Waals surface area contributed by atoms with Crippen LogP contribution < -0.4 is 5.32 Å². The van der Waals surface area contributed by atoms with E-state index < -0.39 is 0 Å². The molecule has 0 saturated carbocycles. The Balaban J connectivity index is 1.82. The number of hydrogen-bond donors (Lipinski definition) is 1. The van der Waals surface area contributed by atoms with E-state index in [9.17, 15) is 0 Å². The van der Waals surface area contributed by atoms with Gasteiger partial charge in [0.05, 0.1) is 0 Å². The molecule has 1 aliphatic rings. The van der Waals surface area contributed by atoms with E-state index in [0.717, 1.165) is 41.5 Å². The molecule has 0 bridgehead atoms. The first-order valence-corrected chi connectivity index (χ1v) is 6.94. The van der Waals surface area contributed by atoms with Crippen LogP contribution >= 0.6 is 0 Å². The molecular weight excluding hydrogens is 250 g/mol. The molecule has 1 aromatic carbocycles. The summed E-state index contributed by atoms with van der Waals surface area (Å²) >= 11 is 0. The summed E-state index contributed by atoms with van der Waals surface area (Å²) in [6, 6.07) is 10.0. The van der Waals surface area contributed by atoms with Gasteiger partial charge < -0.3 is 9.88 Å². The molecule has 100 valence electrons. The lowest BCUT2D eigenvalue weighted by atomic mass is 10.2. The average molecular weight is 265 g/mol. The van der Waals surface area contributed by atoms with Crippen molar-refractivity contribution in [1.29, 1.82) is 0 Å². The molecule has 0 aliphatic carbocycles. The third-order valence-electron chi connectivity index (χ3n) is 3.68. The highest BCUT2D eigenvalue weighted by Gasteiger charge is 2.18. The Bertz CT molecular complexity index is 748. The van der Waals surface area contributed by atoms with Crippen LogP contribution in [0.15, 0.2) is 36.7 Å². The van der Waals surface area contributed by atoms with Crippen LogP contribution in [-0.4, -0.2) is 19.5 Å². The number of aryl methyl sites for hydroxylation is 2. The largest absolute Gasteiger partial charge is 0.338 e. The van der Waals surface area contributed by atoms with E-state index in [4.69, 9.17) is 4.98 Å². The minimum atomic E-state index is 0.781. The van der Waals surface area contributed by atoms with Gasteiger partial charge in [0.2, 0.25) is 0 Å². The summed E-state index contributed by atoms with van der Waals surface area (Å²) in [7, 11) is 0. The van der Waals surface area contributed by atoms with E-state index in [-0.39, 0.29) is 0 Å². The third kappa shape index (κ3) is 1.82. The monoisotopic (exact) mass is 265 g/mol. The van der Waals surface area contributed by atoms with E-state index in [0.29, 0.717) is 0 Å². The normalized spacial score (nSPS) is 14.2. The van der Waals surface area contributed by atoms with Crippen molar-refractivity contribution in [1.82, 2.24) is 19.5 Å². The summed E-state index contributed by atoms with van der Waals surface area (Å²) in [6.45, 7) is 1.01. The topological polar surface area (TPSA) is 55.6 Å². The molecule has 20 heavy (non-hydrogen) atoms. The van der Waals surface area contributed by atoms with Crippen molar-refractivity contribution in [3.63, 3.8) is 0 Å². The maximum atomic E-state index is 4.72. The Morgan fingerprint density at radius 1 is 1.05 bits per heavy atom. The van der Waals surface area contributed by atoms with Gasteiger partial charge in [0.1, 0.15) is 12.2 Å². The van der Waals surface area contributed by atoms with Gasteiger partial charge in [-0.15, -0.1) is 0 Å². The van der Waals surface area contributed by atoms with Gasteiger partial charge in [-0.05, 0) is 25.0 Å². The van der Waals surface area contributed by atoms with Crippen LogP contribution in [0.4, 0.5) is 11.5 Å². The number of aromatic nitrogens is 4. The number of imidazole rings is 1. The van der Waals surface area contributed by atoms with Gasteiger partial charge >= 0.3 is 0 Å². The predicted molar refractivity (Wildman–Crippen MR) is 78.0 cm³/mol. The van der Waals surface area contributed by atoms with Crippen molar-refractivity contribution in [2.45, 2.75) is 25.8 Å². The first-order valence-electron chi connectivity index (χ1n) is 6.94. The second-order valence-corrected chi connectivity index (χ2v) is 5.02. The van der Waals surface area contributed by atoms with Crippen LogP contribution in [0.3, 0.4) is 0 Å². The number of rotatable bonds is 2. The number of anilines is 2. The number of nitrogens with one attached hydrogen (secondary N) is 1. The molecule has 3 heterocycles. The van der Waals surface area contributed by atoms with E-state index in [2.05, 4.69) is 19.9 Å². The first-order chi connectivity index (χ1) is 9.92. The Hall–Kier alpha value is -2.43. The summed E-state index contributed by atoms with van der Waals surface area (Å²) in [6.07, 6.45) is 5.04. The van der Waals surface area contributed by atoms with E-state index in [1.807, 2.05) is 30.3 Å². The second-order valence-electron chi connectivity index (χ2n) is 5.02. The van der Waals surface area contributed by atoms with E-state index >= 15 is 0 Å². The van der Waals surface area contributed by atoms with Crippen LogP contribution in [0.5, 0.6) is 0 Å². The van der Waals surface area contributed by atoms with Crippen LogP contribution in [-0.2, 0) is 13.0 Å². The van der Waals surface area contributed by atoms with Crippen LogP contribution in [0.25, 0.3) is 11.2 Å². The summed E-state index contributed by atoms with van der Waals surface area (Å²) in [5.41, 5.74) is 2.82. The van der Waals surface area contributed by atoms with Crippen LogP contribution in [0.2, 0.25) is 0 Å². The molecule has 0 spiro atoms. The lowest BCUT2D eigenvalue weighted by Gasteiger charge is -2.12. The molecule has 0 unspecified atom stereocenters. The number of nitrogens with zero attached hydrogens (tertiary/aromatic N) is 4. The predicted octanol–water partition coefficient (Wildman–Crippen LogP) is 2.91. The summed E-state index contributed by atoms with van der Waals surface area (Å²) in [4.78, 5) is 13.5. The van der Waals surface area contributed by atoms with Crippen molar-refractivity contribution in [3.05, 3.63) is 42.5 Å². The van der Waals surface area contributed by atoms with Gasteiger partial charge in [0, 0.05) is 18.7 Å². The molecule has 0 atom stereocenters. The van der Waals surface area contributed by atoms with Gasteiger partial charge in [-0.1, -0.05) is 18.2 Å². The number of para-hydroxylation sites is 1. The Morgan fingerprint density at radius 2 is 1.95 bits per heavy atom. The number of benzene rings is 1. The van der Waals surface area contributed by atoms with Gasteiger partial charge in [-0.2, -0.15) is 0 Å². The molecule has 4 rings (SSSR count). The molecule has 0 amide bonds. The minimum absolute atomic E-state index is 0.781. The number of hydrogen-bond acceptors (Lipinski definition) is 4. The van der Waals surface area contributed by atoms with Crippen molar-refractivity contribution in [2.24, 2.45) is 0 Å². The third-order valence-corrected chi connectivity index (χ3v) is 3.68.